The molecule has 0 bridgehead atoms. The van der Waals surface area contributed by atoms with Crippen LogP contribution in [0.25, 0.3) is 0 Å². The van der Waals surface area contributed by atoms with Crippen LogP contribution in [0.3, 0.4) is 0 Å². The fourth-order valence-electron chi connectivity index (χ4n) is 5.38. The molecule has 264 valence electrons. The van der Waals surface area contributed by atoms with Crippen LogP contribution in [0.4, 0.5) is 22.7 Å². The minimum absolute atomic E-state index is 0.155. The average molecular weight is 746 g/mol. The van der Waals surface area contributed by atoms with E-state index in [0.717, 1.165) is 45.8 Å². The number of nitrogens with one attached hydrogen (secondary N) is 3. The molecule has 0 aliphatic heterocycles. The van der Waals surface area contributed by atoms with Crippen LogP contribution in [-0.4, -0.2) is 22.7 Å². The zero-order valence-corrected chi connectivity index (χ0v) is 31.0. The lowest BCUT2D eigenvalue weighted by atomic mass is 10.1. The smallest absolute Gasteiger partial charge is 0.255 e. The van der Waals surface area contributed by atoms with Crippen molar-refractivity contribution < 1.29 is 19.2 Å². The normalized spacial score (nSPS) is 13.6. The first-order valence-electron chi connectivity index (χ1n) is 16.2. The Morgan fingerprint density at radius 3 is 1.49 bits per heavy atom. The van der Waals surface area contributed by atoms with Gasteiger partial charge in [0.1, 0.15) is 0 Å². The molecular weight excluding hydrogens is 707 g/mol. The van der Waals surface area contributed by atoms with E-state index in [9.17, 15) is 19.2 Å². The van der Waals surface area contributed by atoms with Gasteiger partial charge in [0.05, 0.1) is 32.8 Å². The second-order valence-corrected chi connectivity index (χ2v) is 13.1. The van der Waals surface area contributed by atoms with Gasteiger partial charge in [0.2, 0.25) is 0 Å². The van der Waals surface area contributed by atoms with Crippen molar-refractivity contribution in [2.24, 2.45) is 0 Å². The van der Waals surface area contributed by atoms with Crippen molar-refractivity contribution in [1.29, 1.82) is 0 Å². The van der Waals surface area contributed by atoms with Crippen LogP contribution in [0.15, 0.2) is 107 Å². The molecule has 0 fully saturated rings. The summed E-state index contributed by atoms with van der Waals surface area (Å²) in [4.78, 5) is 46.2. The predicted molar refractivity (Wildman–Crippen MR) is 209 cm³/mol. The third-order valence-electron chi connectivity index (χ3n) is 8.54. The summed E-state index contributed by atoms with van der Waals surface area (Å²) < 4.78 is 0. The number of aryl methyl sites for hydroxylation is 2. The molecule has 2 aliphatic carbocycles. The first kappa shape index (κ1) is 38.9. The van der Waals surface area contributed by atoms with Crippen LogP contribution < -0.4 is 21.7 Å². The summed E-state index contributed by atoms with van der Waals surface area (Å²) in [6, 6.07) is 25.4. The Hall–Kier alpha value is -4.89. The molecule has 4 aromatic carbocycles. The minimum atomic E-state index is -0.391. The summed E-state index contributed by atoms with van der Waals surface area (Å²) in [5.74, 6) is 0.147. The SMILES string of the molecule is CC1=C(Nc2cccc(N)c2Cl)CCC1=O.CC1=C(Nc2cccc(NC(=O)c3ccccc3C)c2Cl)CCC1=O.Cc1ccccc1C(=O)Cl. The van der Waals surface area contributed by atoms with E-state index < -0.39 is 5.24 Å². The molecule has 0 aromatic heterocycles. The predicted octanol–water partition coefficient (Wildman–Crippen LogP) is 10.3. The molecule has 8 nitrogen and oxygen atoms in total. The van der Waals surface area contributed by atoms with E-state index in [0.29, 0.717) is 57.5 Å². The van der Waals surface area contributed by atoms with E-state index >= 15 is 0 Å². The third kappa shape index (κ3) is 10.1. The van der Waals surface area contributed by atoms with Crippen molar-refractivity contribution in [2.45, 2.75) is 53.4 Å². The number of nitrogens with two attached hydrogens (primary N) is 1. The van der Waals surface area contributed by atoms with Gasteiger partial charge in [-0.25, -0.2) is 0 Å². The molecule has 6 rings (SSSR count). The Morgan fingerprint density at radius 1 is 0.588 bits per heavy atom. The molecule has 2 aliphatic rings. The number of ketones is 2. The summed E-state index contributed by atoms with van der Waals surface area (Å²) >= 11 is 17.8. The van der Waals surface area contributed by atoms with Gasteiger partial charge in [-0.05, 0) is 99.7 Å². The number of carbonyl (C=O) groups is 4. The van der Waals surface area contributed by atoms with Crippen LogP contribution in [-0.2, 0) is 9.59 Å². The van der Waals surface area contributed by atoms with Crippen molar-refractivity contribution in [3.05, 3.63) is 140 Å². The number of halogens is 3. The van der Waals surface area contributed by atoms with E-state index in [1.54, 1.807) is 30.3 Å². The highest BCUT2D eigenvalue weighted by atomic mass is 35.5. The largest absolute Gasteiger partial charge is 0.397 e. The summed E-state index contributed by atoms with van der Waals surface area (Å²) in [5.41, 5.74) is 14.6. The van der Waals surface area contributed by atoms with E-state index in [1.165, 1.54) is 0 Å². The van der Waals surface area contributed by atoms with Crippen LogP contribution in [0.1, 0.15) is 71.4 Å². The third-order valence-corrected chi connectivity index (χ3v) is 9.57. The van der Waals surface area contributed by atoms with Gasteiger partial charge in [0, 0.05) is 46.5 Å². The summed E-state index contributed by atoms with van der Waals surface area (Å²) in [7, 11) is 0. The maximum atomic E-state index is 12.5. The van der Waals surface area contributed by atoms with Gasteiger partial charge in [0.25, 0.3) is 11.1 Å². The van der Waals surface area contributed by atoms with E-state index in [1.807, 2.05) is 82.3 Å². The van der Waals surface area contributed by atoms with Crippen molar-refractivity contribution in [3.63, 3.8) is 0 Å². The molecule has 0 saturated heterocycles. The fraction of sp³-hybridized carbons (Fsp3) is 0.200. The molecule has 0 radical (unpaired) electrons. The topological polar surface area (TPSA) is 130 Å². The van der Waals surface area contributed by atoms with Gasteiger partial charge < -0.3 is 21.7 Å². The highest BCUT2D eigenvalue weighted by Crippen LogP contribution is 2.34. The zero-order valence-electron chi connectivity index (χ0n) is 28.8. The van der Waals surface area contributed by atoms with E-state index in [2.05, 4.69) is 16.0 Å². The first-order chi connectivity index (χ1) is 24.3. The number of anilines is 4. The molecule has 5 N–H and O–H groups in total. The van der Waals surface area contributed by atoms with Crippen LogP contribution >= 0.6 is 34.8 Å². The number of hydrogen-bond donors (Lipinski definition) is 4. The Morgan fingerprint density at radius 2 is 1.04 bits per heavy atom. The average Bonchev–Trinajstić information content (AvgIpc) is 3.60. The molecule has 11 heteroatoms. The van der Waals surface area contributed by atoms with Crippen LogP contribution in [0, 0.1) is 13.8 Å². The van der Waals surface area contributed by atoms with E-state index in [4.69, 9.17) is 40.5 Å². The van der Waals surface area contributed by atoms with Crippen molar-refractivity contribution in [1.82, 2.24) is 0 Å². The molecule has 0 saturated carbocycles. The van der Waals surface area contributed by atoms with Gasteiger partial charge >= 0.3 is 0 Å². The van der Waals surface area contributed by atoms with Crippen molar-refractivity contribution in [3.8, 4) is 0 Å². The molecule has 4 aromatic rings. The molecule has 0 spiro atoms. The second kappa shape index (κ2) is 17.9. The number of nitrogen functional groups attached to an aromatic ring is 1. The van der Waals surface area contributed by atoms with Gasteiger partial charge in [0.15, 0.2) is 11.6 Å². The number of amides is 1. The Kier molecular flexibility index (Phi) is 13.6. The number of Topliss-reactive ketones (excluding diaryl/α,β-unsaturated/α-hetero) is 2. The molecule has 0 atom stereocenters. The number of allylic oxidation sites excluding steroid dienone is 4. The summed E-state index contributed by atoms with van der Waals surface area (Å²) in [6.07, 6.45) is 2.53. The fourth-order valence-corrected chi connectivity index (χ4v) is 5.99. The molecule has 0 heterocycles. The summed E-state index contributed by atoms with van der Waals surface area (Å²) in [5, 5.41) is 9.80. The molecule has 51 heavy (non-hydrogen) atoms. The highest BCUT2D eigenvalue weighted by Gasteiger charge is 2.21. The van der Waals surface area contributed by atoms with Crippen molar-refractivity contribution >= 4 is 80.3 Å². The Bertz CT molecular complexity index is 2060. The maximum absolute atomic E-state index is 12.5. The van der Waals surface area contributed by atoms with Gasteiger partial charge in [-0.1, -0.05) is 71.7 Å². The molecular formula is C40H39Cl3N4O4. The lowest BCUT2D eigenvalue weighted by molar-refractivity contribution is -0.115. The Labute approximate surface area is 313 Å². The van der Waals surface area contributed by atoms with Crippen molar-refractivity contribution in [2.75, 3.05) is 21.7 Å². The first-order valence-corrected chi connectivity index (χ1v) is 17.4. The Balaban J connectivity index is 0.000000191. The lowest BCUT2D eigenvalue weighted by Crippen LogP contribution is -2.14. The zero-order chi connectivity index (χ0) is 37.2. The van der Waals surface area contributed by atoms with Crippen LogP contribution in [0.5, 0.6) is 0 Å². The monoisotopic (exact) mass is 744 g/mol. The quantitative estimate of drug-likeness (QED) is 0.109. The number of benzene rings is 4. The highest BCUT2D eigenvalue weighted by molar-refractivity contribution is 6.67. The van der Waals surface area contributed by atoms with E-state index in [-0.39, 0.29) is 17.5 Å². The van der Waals surface area contributed by atoms with Gasteiger partial charge in [-0.2, -0.15) is 0 Å². The second-order valence-electron chi connectivity index (χ2n) is 12.0. The molecule has 0 unspecified atom stereocenters. The summed E-state index contributed by atoms with van der Waals surface area (Å²) in [6.45, 7) is 7.39. The maximum Gasteiger partial charge on any atom is 0.255 e. The number of carbonyl (C=O) groups excluding carboxylic acids is 4. The van der Waals surface area contributed by atoms with Crippen LogP contribution in [0.2, 0.25) is 10.0 Å². The minimum Gasteiger partial charge on any atom is -0.397 e. The lowest BCUT2D eigenvalue weighted by Gasteiger charge is -2.14. The number of hydrogen-bond acceptors (Lipinski definition) is 7. The standard InChI is InChI=1S/C20H19ClN2O2.C12H13ClN2O.C8H7ClO/c1-12-6-3-4-7-14(12)20(25)23-17-9-5-8-16(19(17)21)22-15-10-11-18(24)13(15)2;1-7-9(5-6-11(7)16)15-10-4-2-3-8(14)12(10)13;1-6-4-2-3-5-7(6)8(9)10/h3-9,22H,10-11H2,1-2H3,(H,23,25);2-4,15H,5-6,14H2,1H3;2-5H,1H3. The van der Waals surface area contributed by atoms with Gasteiger partial charge in [-0.15, -0.1) is 0 Å². The number of rotatable bonds is 7. The van der Waals surface area contributed by atoms with Gasteiger partial charge in [-0.3, -0.25) is 19.2 Å². The molecule has 1 amide bonds.